The van der Waals surface area contributed by atoms with Crippen molar-refractivity contribution in [2.75, 3.05) is 13.1 Å². The molecule has 2 saturated heterocycles. The summed E-state index contributed by atoms with van der Waals surface area (Å²) in [5.41, 5.74) is 7.53. The first kappa shape index (κ1) is 27.1. The highest BCUT2D eigenvalue weighted by Gasteiger charge is 2.43. The number of carbonyl (C=O) groups excluding carboxylic acids is 3. The summed E-state index contributed by atoms with van der Waals surface area (Å²) in [6.07, 6.45) is 3.47. The van der Waals surface area contributed by atoms with E-state index in [1.165, 1.54) is 9.80 Å². The maximum absolute atomic E-state index is 13.5. The number of nitrogens with two attached hydrogens (primary N) is 1. The number of aromatic amines is 1. The van der Waals surface area contributed by atoms with Crippen LogP contribution in [0, 0.1) is 0 Å². The Bertz CT molecular complexity index is 1230. The number of likely N-dealkylation sites (tertiary alicyclic amines) is 2. The molecule has 38 heavy (non-hydrogen) atoms. The maximum Gasteiger partial charge on any atom is 0.326 e. The highest BCUT2D eigenvalue weighted by molar-refractivity contribution is 5.95. The SMILES string of the molecule is NC(CCC(=O)O)C(=O)N1CCCC1C(=O)N1CCCC1C(=O)NC(Cc1c[nH]c2ccccc12)C(=O)O. The Kier molecular flexibility index (Phi) is 8.30. The lowest BCUT2D eigenvalue weighted by Gasteiger charge is -2.32. The molecule has 2 fully saturated rings. The van der Waals surface area contributed by atoms with Crippen LogP contribution >= 0.6 is 0 Å². The van der Waals surface area contributed by atoms with Crippen molar-refractivity contribution in [3.05, 3.63) is 36.0 Å². The molecule has 6 N–H and O–H groups in total. The summed E-state index contributed by atoms with van der Waals surface area (Å²) in [5, 5.41) is 22.2. The molecular weight excluding hydrogens is 494 g/mol. The maximum atomic E-state index is 13.5. The first-order valence-corrected chi connectivity index (χ1v) is 12.8. The van der Waals surface area contributed by atoms with Crippen molar-refractivity contribution in [2.24, 2.45) is 5.73 Å². The number of H-pyrrole nitrogens is 1. The smallest absolute Gasteiger partial charge is 0.326 e. The molecule has 3 heterocycles. The van der Waals surface area contributed by atoms with Gasteiger partial charge in [-0.15, -0.1) is 0 Å². The van der Waals surface area contributed by atoms with Gasteiger partial charge in [0.05, 0.1) is 6.04 Å². The van der Waals surface area contributed by atoms with Gasteiger partial charge in [0, 0.05) is 43.0 Å². The van der Waals surface area contributed by atoms with Crippen molar-refractivity contribution in [3.63, 3.8) is 0 Å². The summed E-state index contributed by atoms with van der Waals surface area (Å²) in [6.45, 7) is 0.646. The van der Waals surface area contributed by atoms with Crippen molar-refractivity contribution in [3.8, 4) is 0 Å². The summed E-state index contributed by atoms with van der Waals surface area (Å²) in [6, 6.07) is 3.64. The van der Waals surface area contributed by atoms with Gasteiger partial charge in [0.1, 0.15) is 18.1 Å². The molecule has 1 aromatic carbocycles. The summed E-state index contributed by atoms with van der Waals surface area (Å²) >= 11 is 0. The molecule has 2 aliphatic heterocycles. The molecule has 12 nitrogen and oxygen atoms in total. The third-order valence-electron chi connectivity index (χ3n) is 7.36. The number of aliphatic carboxylic acids is 2. The van der Waals surface area contributed by atoms with Gasteiger partial charge in [-0.3, -0.25) is 19.2 Å². The molecule has 0 spiro atoms. The Morgan fingerprint density at radius 1 is 1.03 bits per heavy atom. The molecule has 0 radical (unpaired) electrons. The predicted octanol–water partition coefficient (Wildman–Crippen LogP) is 0.454. The van der Waals surface area contributed by atoms with Crippen LogP contribution in [0.2, 0.25) is 0 Å². The van der Waals surface area contributed by atoms with Crippen molar-refractivity contribution < 1.29 is 34.2 Å². The van der Waals surface area contributed by atoms with E-state index in [2.05, 4.69) is 10.3 Å². The molecule has 2 aliphatic rings. The van der Waals surface area contributed by atoms with E-state index in [4.69, 9.17) is 10.8 Å². The van der Waals surface area contributed by atoms with Crippen LogP contribution in [-0.2, 0) is 30.4 Å². The molecule has 4 unspecified atom stereocenters. The molecule has 4 rings (SSSR count). The number of hydrogen-bond donors (Lipinski definition) is 5. The number of carboxylic acid groups (broad SMARTS) is 2. The van der Waals surface area contributed by atoms with Crippen molar-refractivity contribution in [1.29, 1.82) is 0 Å². The second-order valence-electron chi connectivity index (χ2n) is 9.88. The number of hydrogen-bond acceptors (Lipinski definition) is 6. The van der Waals surface area contributed by atoms with E-state index in [0.29, 0.717) is 38.8 Å². The lowest BCUT2D eigenvalue weighted by atomic mass is 10.0. The van der Waals surface area contributed by atoms with Crippen LogP contribution < -0.4 is 11.1 Å². The summed E-state index contributed by atoms with van der Waals surface area (Å²) in [4.78, 5) is 68.3. The van der Waals surface area contributed by atoms with E-state index < -0.39 is 47.9 Å². The van der Waals surface area contributed by atoms with Gasteiger partial charge in [0.2, 0.25) is 17.7 Å². The van der Waals surface area contributed by atoms with E-state index in [1.54, 1.807) is 6.20 Å². The van der Waals surface area contributed by atoms with Crippen LogP contribution in [0.25, 0.3) is 10.9 Å². The van der Waals surface area contributed by atoms with E-state index in [0.717, 1.165) is 16.5 Å². The molecule has 0 aliphatic carbocycles. The highest BCUT2D eigenvalue weighted by Crippen LogP contribution is 2.26. The zero-order valence-corrected chi connectivity index (χ0v) is 21.0. The fourth-order valence-electron chi connectivity index (χ4n) is 5.39. The monoisotopic (exact) mass is 527 g/mol. The lowest BCUT2D eigenvalue weighted by molar-refractivity contribution is -0.148. The van der Waals surface area contributed by atoms with Crippen LogP contribution in [0.1, 0.15) is 44.1 Å². The molecule has 0 saturated carbocycles. The minimum absolute atomic E-state index is 0.0344. The number of fused-ring (bicyclic) bond motifs is 1. The summed E-state index contributed by atoms with van der Waals surface area (Å²) in [5.74, 6) is -3.63. The standard InChI is InChI=1S/C26H33N5O7/c27-17(9-10-22(32)33)24(35)31-12-4-8-21(31)25(36)30-11-3-7-20(30)23(34)29-19(26(37)38)13-15-14-28-18-6-2-1-5-16(15)18/h1-2,5-6,14,17,19-21,28H,3-4,7-13,27H2,(H,29,34)(H,32,33)(H,37,38). The van der Waals surface area contributed by atoms with Gasteiger partial charge in [0.25, 0.3) is 0 Å². The van der Waals surface area contributed by atoms with Crippen LogP contribution in [0.3, 0.4) is 0 Å². The Morgan fingerprint density at radius 3 is 2.42 bits per heavy atom. The third kappa shape index (κ3) is 5.80. The Balaban J connectivity index is 1.42. The molecule has 2 aromatic rings. The predicted molar refractivity (Wildman–Crippen MR) is 136 cm³/mol. The van der Waals surface area contributed by atoms with Gasteiger partial charge in [-0.1, -0.05) is 18.2 Å². The number of para-hydroxylation sites is 1. The molecule has 204 valence electrons. The van der Waals surface area contributed by atoms with Crippen LogP contribution in [0.15, 0.2) is 30.5 Å². The van der Waals surface area contributed by atoms with Crippen molar-refractivity contribution in [1.82, 2.24) is 20.1 Å². The minimum atomic E-state index is -1.18. The van der Waals surface area contributed by atoms with Gasteiger partial charge in [-0.25, -0.2) is 4.79 Å². The molecular formula is C26H33N5O7. The van der Waals surface area contributed by atoms with Gasteiger partial charge < -0.3 is 36.0 Å². The van der Waals surface area contributed by atoms with E-state index >= 15 is 0 Å². The fraction of sp³-hybridized carbons (Fsp3) is 0.500. The van der Waals surface area contributed by atoms with Crippen LogP contribution in [0.4, 0.5) is 0 Å². The van der Waals surface area contributed by atoms with Crippen molar-refractivity contribution in [2.45, 2.75) is 69.1 Å². The Morgan fingerprint density at radius 2 is 1.71 bits per heavy atom. The number of benzene rings is 1. The second kappa shape index (κ2) is 11.6. The summed E-state index contributed by atoms with van der Waals surface area (Å²) in [7, 11) is 0. The largest absolute Gasteiger partial charge is 0.481 e. The number of nitrogens with zero attached hydrogens (tertiary/aromatic N) is 2. The average molecular weight is 528 g/mol. The normalized spacial score (nSPS) is 20.9. The lowest BCUT2D eigenvalue weighted by Crippen LogP contribution is -2.56. The van der Waals surface area contributed by atoms with Crippen LogP contribution in [-0.4, -0.2) is 91.9 Å². The molecule has 4 atom stereocenters. The van der Waals surface area contributed by atoms with Gasteiger partial charge >= 0.3 is 11.9 Å². The molecule has 0 bridgehead atoms. The number of carbonyl (C=O) groups is 5. The third-order valence-corrected chi connectivity index (χ3v) is 7.36. The zero-order valence-electron chi connectivity index (χ0n) is 21.0. The van der Waals surface area contributed by atoms with Gasteiger partial charge in [-0.2, -0.15) is 0 Å². The minimum Gasteiger partial charge on any atom is -0.481 e. The van der Waals surface area contributed by atoms with Gasteiger partial charge in [0.15, 0.2) is 0 Å². The molecule has 1 aromatic heterocycles. The zero-order chi connectivity index (χ0) is 27.4. The highest BCUT2D eigenvalue weighted by atomic mass is 16.4. The average Bonchev–Trinajstić information content (AvgIpc) is 3.66. The first-order valence-electron chi connectivity index (χ1n) is 12.8. The van der Waals surface area contributed by atoms with Crippen LogP contribution in [0.5, 0.6) is 0 Å². The number of carboxylic acids is 2. The number of rotatable bonds is 10. The van der Waals surface area contributed by atoms with E-state index in [1.807, 2.05) is 24.3 Å². The quantitative estimate of drug-likeness (QED) is 0.295. The Hall–Kier alpha value is -3.93. The molecule has 3 amide bonds. The topological polar surface area (TPSA) is 186 Å². The first-order chi connectivity index (χ1) is 18.2. The second-order valence-corrected chi connectivity index (χ2v) is 9.88. The summed E-state index contributed by atoms with van der Waals surface area (Å²) < 4.78 is 0. The fourth-order valence-corrected chi connectivity index (χ4v) is 5.39. The van der Waals surface area contributed by atoms with E-state index in [-0.39, 0.29) is 25.2 Å². The number of amides is 3. The molecule has 12 heteroatoms. The number of aromatic nitrogens is 1. The number of nitrogens with one attached hydrogen (secondary N) is 2. The van der Waals surface area contributed by atoms with E-state index in [9.17, 15) is 29.1 Å². The van der Waals surface area contributed by atoms with Gasteiger partial charge in [-0.05, 0) is 43.7 Å². The van der Waals surface area contributed by atoms with Crippen molar-refractivity contribution >= 4 is 40.6 Å². The Labute approximate surface area is 219 Å².